The zero-order valence-corrected chi connectivity index (χ0v) is 10.2. The van der Waals surface area contributed by atoms with Crippen molar-refractivity contribution in [1.82, 2.24) is 0 Å². The molecule has 0 aliphatic carbocycles. The molecular formula is C15H23. The molecule has 15 heavy (non-hydrogen) atoms. The number of benzene rings is 1. The van der Waals surface area contributed by atoms with Crippen LogP contribution >= 0.6 is 0 Å². The molecular weight excluding hydrogens is 180 g/mol. The Morgan fingerprint density at radius 1 is 1.00 bits per heavy atom. The lowest BCUT2D eigenvalue weighted by Crippen LogP contribution is -1.91. The van der Waals surface area contributed by atoms with Gasteiger partial charge < -0.3 is 0 Å². The predicted molar refractivity (Wildman–Crippen MR) is 68.1 cm³/mol. The second-order valence-electron chi connectivity index (χ2n) is 4.45. The smallest absolute Gasteiger partial charge is 0.0276 e. The van der Waals surface area contributed by atoms with Crippen molar-refractivity contribution in [2.24, 2.45) is 0 Å². The lowest BCUT2D eigenvalue weighted by atomic mass is 9.99. The van der Waals surface area contributed by atoms with E-state index in [0.717, 1.165) is 6.42 Å². The van der Waals surface area contributed by atoms with Crippen LogP contribution in [0.15, 0.2) is 18.2 Å². The molecule has 0 aliphatic rings. The molecule has 0 heteroatoms. The summed E-state index contributed by atoms with van der Waals surface area (Å²) in [6, 6.07) is 6.76. The molecule has 0 bridgehead atoms. The Labute approximate surface area is 94.7 Å². The Morgan fingerprint density at radius 2 is 1.73 bits per heavy atom. The zero-order valence-electron chi connectivity index (χ0n) is 10.2. The molecule has 0 aliphatic heterocycles. The number of aryl methyl sites for hydroxylation is 3. The standard InChI is InChI=1S/C15H23/c1-4-5-6-7-8-9-15-12-13(2)10-11-14(15)3/h10-12H,1,4-9H2,2-3H3. The molecule has 0 saturated carbocycles. The average Bonchev–Trinajstić information content (AvgIpc) is 2.23. The Morgan fingerprint density at radius 3 is 2.47 bits per heavy atom. The van der Waals surface area contributed by atoms with E-state index in [1.807, 2.05) is 0 Å². The molecule has 1 rings (SSSR count). The highest BCUT2D eigenvalue weighted by atomic mass is 14.0. The number of hydrogen-bond acceptors (Lipinski definition) is 0. The fourth-order valence-corrected chi connectivity index (χ4v) is 1.92. The molecule has 0 aromatic heterocycles. The summed E-state index contributed by atoms with van der Waals surface area (Å²) < 4.78 is 0. The first-order valence-electron chi connectivity index (χ1n) is 6.09. The molecule has 83 valence electrons. The van der Waals surface area contributed by atoms with Gasteiger partial charge in [0, 0.05) is 0 Å². The Hall–Kier alpha value is -0.780. The molecule has 0 unspecified atom stereocenters. The Balaban J connectivity index is 2.33. The van der Waals surface area contributed by atoms with Gasteiger partial charge in [-0.05, 0) is 37.8 Å². The summed E-state index contributed by atoms with van der Waals surface area (Å²) in [6.07, 6.45) is 7.63. The molecule has 0 atom stereocenters. The van der Waals surface area contributed by atoms with Crippen molar-refractivity contribution in [2.45, 2.75) is 52.4 Å². The molecule has 0 fully saturated rings. The van der Waals surface area contributed by atoms with Gasteiger partial charge in [0.1, 0.15) is 0 Å². The van der Waals surface area contributed by atoms with E-state index >= 15 is 0 Å². The third kappa shape index (κ3) is 4.51. The van der Waals surface area contributed by atoms with Crippen molar-refractivity contribution >= 4 is 0 Å². The van der Waals surface area contributed by atoms with Crippen LogP contribution in [0.2, 0.25) is 0 Å². The van der Waals surface area contributed by atoms with Crippen LogP contribution in [0.1, 0.15) is 48.8 Å². The summed E-state index contributed by atoms with van der Waals surface area (Å²) in [5.74, 6) is 0. The van der Waals surface area contributed by atoms with E-state index in [-0.39, 0.29) is 0 Å². The third-order valence-corrected chi connectivity index (χ3v) is 2.95. The maximum Gasteiger partial charge on any atom is -0.0276 e. The molecule has 0 nitrogen and oxygen atoms in total. The summed E-state index contributed by atoms with van der Waals surface area (Å²) in [5.41, 5.74) is 4.36. The molecule has 1 radical (unpaired) electrons. The molecule has 1 aromatic rings. The van der Waals surface area contributed by atoms with Gasteiger partial charge in [-0.25, -0.2) is 0 Å². The van der Waals surface area contributed by atoms with E-state index in [1.54, 1.807) is 0 Å². The Bertz CT molecular complexity index is 286. The topological polar surface area (TPSA) is 0 Å². The minimum Gasteiger partial charge on any atom is -0.0590 e. The maximum absolute atomic E-state index is 3.87. The average molecular weight is 203 g/mol. The first kappa shape index (κ1) is 12.3. The maximum atomic E-state index is 3.87. The van der Waals surface area contributed by atoms with Crippen LogP contribution in [-0.4, -0.2) is 0 Å². The first-order valence-corrected chi connectivity index (χ1v) is 6.09. The van der Waals surface area contributed by atoms with E-state index in [1.165, 1.54) is 48.8 Å². The van der Waals surface area contributed by atoms with Crippen molar-refractivity contribution in [3.63, 3.8) is 0 Å². The van der Waals surface area contributed by atoms with Gasteiger partial charge >= 0.3 is 0 Å². The number of hydrogen-bond donors (Lipinski definition) is 0. The first-order chi connectivity index (χ1) is 7.24. The summed E-state index contributed by atoms with van der Waals surface area (Å²) >= 11 is 0. The second kappa shape index (κ2) is 6.66. The second-order valence-corrected chi connectivity index (χ2v) is 4.45. The van der Waals surface area contributed by atoms with Crippen LogP contribution in [-0.2, 0) is 6.42 Å². The minimum absolute atomic E-state index is 1.09. The van der Waals surface area contributed by atoms with E-state index < -0.39 is 0 Å². The molecule has 0 heterocycles. The highest BCUT2D eigenvalue weighted by Gasteiger charge is 1.98. The normalized spacial score (nSPS) is 10.6. The van der Waals surface area contributed by atoms with E-state index in [9.17, 15) is 0 Å². The van der Waals surface area contributed by atoms with E-state index in [2.05, 4.69) is 39.0 Å². The van der Waals surface area contributed by atoms with Gasteiger partial charge in [0.05, 0.1) is 0 Å². The highest BCUT2D eigenvalue weighted by Crippen LogP contribution is 2.14. The van der Waals surface area contributed by atoms with Crippen LogP contribution in [0.3, 0.4) is 0 Å². The van der Waals surface area contributed by atoms with Crippen molar-refractivity contribution in [3.05, 3.63) is 41.8 Å². The van der Waals surface area contributed by atoms with Crippen LogP contribution in [0.4, 0.5) is 0 Å². The van der Waals surface area contributed by atoms with E-state index in [0.29, 0.717) is 0 Å². The monoisotopic (exact) mass is 203 g/mol. The van der Waals surface area contributed by atoms with Crippen LogP contribution in [0.25, 0.3) is 0 Å². The SMILES string of the molecule is [CH2]CCCCCCc1cc(C)ccc1C. The highest BCUT2D eigenvalue weighted by molar-refractivity contribution is 5.30. The van der Waals surface area contributed by atoms with E-state index in [4.69, 9.17) is 0 Å². The van der Waals surface area contributed by atoms with Gasteiger partial charge in [-0.3, -0.25) is 0 Å². The number of rotatable bonds is 6. The van der Waals surface area contributed by atoms with Gasteiger partial charge in [-0.1, -0.05) is 56.4 Å². The molecule has 1 aromatic carbocycles. The largest absolute Gasteiger partial charge is 0.0590 e. The molecule has 0 saturated heterocycles. The number of unbranched alkanes of at least 4 members (excludes halogenated alkanes) is 4. The molecule has 0 amide bonds. The molecule has 0 N–H and O–H groups in total. The van der Waals surface area contributed by atoms with Crippen LogP contribution in [0, 0.1) is 20.8 Å². The molecule has 0 spiro atoms. The quantitative estimate of drug-likeness (QED) is 0.591. The van der Waals surface area contributed by atoms with Crippen molar-refractivity contribution in [1.29, 1.82) is 0 Å². The lowest BCUT2D eigenvalue weighted by molar-refractivity contribution is 0.644. The van der Waals surface area contributed by atoms with Gasteiger partial charge in [-0.15, -0.1) is 0 Å². The van der Waals surface area contributed by atoms with Gasteiger partial charge in [0.15, 0.2) is 0 Å². The van der Waals surface area contributed by atoms with Gasteiger partial charge in [0.2, 0.25) is 0 Å². The fraction of sp³-hybridized carbons (Fsp3) is 0.533. The van der Waals surface area contributed by atoms with Crippen molar-refractivity contribution in [3.8, 4) is 0 Å². The van der Waals surface area contributed by atoms with Gasteiger partial charge in [0.25, 0.3) is 0 Å². The van der Waals surface area contributed by atoms with Crippen molar-refractivity contribution in [2.75, 3.05) is 0 Å². The van der Waals surface area contributed by atoms with Crippen LogP contribution < -0.4 is 0 Å². The third-order valence-electron chi connectivity index (χ3n) is 2.95. The summed E-state index contributed by atoms with van der Waals surface area (Å²) in [6.45, 7) is 8.25. The zero-order chi connectivity index (χ0) is 11.1. The predicted octanol–water partition coefficient (Wildman–Crippen LogP) is 4.63. The summed E-state index contributed by atoms with van der Waals surface area (Å²) in [5, 5.41) is 0. The van der Waals surface area contributed by atoms with Gasteiger partial charge in [-0.2, -0.15) is 0 Å². The lowest BCUT2D eigenvalue weighted by Gasteiger charge is -2.06. The minimum atomic E-state index is 1.09. The Kier molecular flexibility index (Phi) is 5.45. The summed E-state index contributed by atoms with van der Waals surface area (Å²) in [7, 11) is 0. The fourth-order valence-electron chi connectivity index (χ4n) is 1.92. The van der Waals surface area contributed by atoms with Crippen LogP contribution in [0.5, 0.6) is 0 Å². The summed E-state index contributed by atoms with van der Waals surface area (Å²) in [4.78, 5) is 0. The van der Waals surface area contributed by atoms with Crippen molar-refractivity contribution < 1.29 is 0 Å².